The minimum absolute atomic E-state index is 0.218. The predicted molar refractivity (Wildman–Crippen MR) is 78.5 cm³/mol. The lowest BCUT2D eigenvalue weighted by molar-refractivity contribution is -0.0174. The molecular formula is C15H26N2O3. The van der Waals surface area contributed by atoms with Gasteiger partial charge in [0.1, 0.15) is 0 Å². The number of hydrogen-bond acceptors (Lipinski definition) is 5. The van der Waals surface area contributed by atoms with Crippen molar-refractivity contribution < 1.29 is 14.6 Å². The summed E-state index contributed by atoms with van der Waals surface area (Å²) in [4.78, 5) is 6.05. The van der Waals surface area contributed by atoms with Gasteiger partial charge in [0, 0.05) is 25.5 Å². The van der Waals surface area contributed by atoms with E-state index in [2.05, 4.69) is 9.88 Å². The molecular weight excluding hydrogens is 256 g/mol. The number of aromatic nitrogens is 1. The highest BCUT2D eigenvalue weighted by Crippen LogP contribution is 2.02. The van der Waals surface area contributed by atoms with E-state index in [9.17, 15) is 5.11 Å². The summed E-state index contributed by atoms with van der Waals surface area (Å²) in [5, 5.41) is 9.89. The first-order valence-corrected chi connectivity index (χ1v) is 7.02. The Morgan fingerprint density at radius 3 is 2.60 bits per heavy atom. The molecule has 0 fully saturated rings. The molecule has 0 aliphatic rings. The van der Waals surface area contributed by atoms with Crippen molar-refractivity contribution in [3.05, 3.63) is 30.1 Å². The summed E-state index contributed by atoms with van der Waals surface area (Å²) in [6, 6.07) is 3.95. The summed E-state index contributed by atoms with van der Waals surface area (Å²) in [6.07, 6.45) is 3.28. The van der Waals surface area contributed by atoms with Gasteiger partial charge >= 0.3 is 0 Å². The Morgan fingerprint density at radius 2 is 1.95 bits per heavy atom. The quantitative estimate of drug-likeness (QED) is 0.656. The highest BCUT2D eigenvalue weighted by atomic mass is 16.5. The molecule has 0 spiro atoms. The lowest BCUT2D eigenvalue weighted by Crippen LogP contribution is -2.32. The smallest absolute Gasteiger partial charge is 0.0900 e. The molecule has 1 N–H and O–H groups in total. The molecule has 1 aromatic rings. The van der Waals surface area contributed by atoms with Crippen LogP contribution in [-0.2, 0) is 16.0 Å². The minimum Gasteiger partial charge on any atom is -0.389 e. The van der Waals surface area contributed by atoms with E-state index in [1.165, 1.54) is 5.56 Å². The third-order valence-electron chi connectivity index (χ3n) is 2.71. The summed E-state index contributed by atoms with van der Waals surface area (Å²) in [7, 11) is 1.98. The number of nitrogens with zero attached hydrogens (tertiary/aromatic N) is 2. The summed E-state index contributed by atoms with van der Waals surface area (Å²) in [6.45, 7) is 6.76. The van der Waals surface area contributed by atoms with E-state index in [0.29, 0.717) is 26.4 Å². The zero-order valence-electron chi connectivity index (χ0n) is 12.7. The van der Waals surface area contributed by atoms with Crippen LogP contribution in [0.5, 0.6) is 0 Å². The number of aliphatic hydroxyl groups excluding tert-OH is 1. The third kappa shape index (κ3) is 8.22. The molecule has 0 radical (unpaired) electrons. The predicted octanol–water partition coefficient (Wildman–Crippen LogP) is 1.32. The van der Waals surface area contributed by atoms with Crippen molar-refractivity contribution in [3.8, 4) is 0 Å². The van der Waals surface area contributed by atoms with E-state index < -0.39 is 6.10 Å². The standard InChI is InChI=1S/C15H26N2O3/c1-13(2)20-9-8-19-12-15(18)11-17(3)10-14-4-6-16-7-5-14/h4-7,13,15,18H,8-12H2,1-3H3. The molecule has 0 saturated heterocycles. The highest BCUT2D eigenvalue weighted by molar-refractivity contribution is 5.09. The van der Waals surface area contributed by atoms with Crippen LogP contribution in [-0.4, -0.2) is 60.6 Å². The molecule has 1 rings (SSSR count). The van der Waals surface area contributed by atoms with E-state index in [4.69, 9.17) is 9.47 Å². The van der Waals surface area contributed by atoms with Crippen LogP contribution in [0.4, 0.5) is 0 Å². The van der Waals surface area contributed by atoms with Crippen molar-refractivity contribution in [2.75, 3.05) is 33.4 Å². The maximum absolute atomic E-state index is 9.89. The fourth-order valence-electron chi connectivity index (χ4n) is 1.84. The maximum Gasteiger partial charge on any atom is 0.0900 e. The Morgan fingerprint density at radius 1 is 1.25 bits per heavy atom. The van der Waals surface area contributed by atoms with Crippen molar-refractivity contribution in [1.29, 1.82) is 0 Å². The van der Waals surface area contributed by atoms with E-state index in [0.717, 1.165) is 6.54 Å². The molecule has 0 amide bonds. The summed E-state index contributed by atoms with van der Waals surface area (Å²) >= 11 is 0. The normalized spacial score (nSPS) is 13.1. The second kappa shape index (κ2) is 9.83. The first-order chi connectivity index (χ1) is 9.58. The van der Waals surface area contributed by atoms with E-state index in [1.807, 2.05) is 33.0 Å². The van der Waals surface area contributed by atoms with Gasteiger partial charge in [0.15, 0.2) is 0 Å². The number of hydrogen-bond donors (Lipinski definition) is 1. The van der Waals surface area contributed by atoms with E-state index in [1.54, 1.807) is 12.4 Å². The molecule has 1 heterocycles. The fraction of sp³-hybridized carbons (Fsp3) is 0.667. The van der Waals surface area contributed by atoms with Gasteiger partial charge in [-0.3, -0.25) is 9.88 Å². The van der Waals surface area contributed by atoms with Gasteiger partial charge in [-0.25, -0.2) is 0 Å². The Labute approximate surface area is 121 Å². The van der Waals surface area contributed by atoms with Crippen LogP contribution in [0.25, 0.3) is 0 Å². The van der Waals surface area contributed by atoms with Gasteiger partial charge in [0.2, 0.25) is 0 Å². The van der Waals surface area contributed by atoms with E-state index >= 15 is 0 Å². The molecule has 5 nitrogen and oxygen atoms in total. The number of pyridine rings is 1. The van der Waals surface area contributed by atoms with Gasteiger partial charge in [-0.15, -0.1) is 0 Å². The van der Waals surface area contributed by atoms with Crippen LogP contribution in [0.1, 0.15) is 19.4 Å². The molecule has 0 bridgehead atoms. The molecule has 0 aromatic carbocycles. The number of aliphatic hydroxyl groups is 1. The second-order valence-electron chi connectivity index (χ2n) is 5.20. The molecule has 0 saturated carbocycles. The van der Waals surface area contributed by atoms with Crippen LogP contribution in [0, 0.1) is 0 Å². The zero-order valence-corrected chi connectivity index (χ0v) is 12.7. The van der Waals surface area contributed by atoms with E-state index in [-0.39, 0.29) is 6.10 Å². The molecule has 0 aliphatic heterocycles. The monoisotopic (exact) mass is 282 g/mol. The van der Waals surface area contributed by atoms with Gasteiger partial charge in [0.05, 0.1) is 32.0 Å². The average molecular weight is 282 g/mol. The van der Waals surface area contributed by atoms with Gasteiger partial charge in [-0.2, -0.15) is 0 Å². The molecule has 114 valence electrons. The summed E-state index contributed by atoms with van der Waals surface area (Å²) in [5.41, 5.74) is 1.18. The van der Waals surface area contributed by atoms with Gasteiger partial charge < -0.3 is 14.6 Å². The van der Waals surface area contributed by atoms with Crippen LogP contribution < -0.4 is 0 Å². The molecule has 1 aromatic heterocycles. The van der Waals surface area contributed by atoms with Gasteiger partial charge in [-0.1, -0.05) is 0 Å². The SMILES string of the molecule is CC(C)OCCOCC(O)CN(C)Cc1ccncc1. The van der Waals surface area contributed by atoms with Crippen molar-refractivity contribution in [2.45, 2.75) is 32.6 Å². The van der Waals surface area contributed by atoms with Crippen molar-refractivity contribution in [3.63, 3.8) is 0 Å². The number of rotatable bonds is 10. The zero-order chi connectivity index (χ0) is 14.8. The van der Waals surface area contributed by atoms with Crippen LogP contribution in [0.2, 0.25) is 0 Å². The molecule has 5 heteroatoms. The summed E-state index contributed by atoms with van der Waals surface area (Å²) in [5.74, 6) is 0. The molecule has 0 aliphatic carbocycles. The van der Waals surface area contributed by atoms with Crippen LogP contribution in [0.3, 0.4) is 0 Å². The minimum atomic E-state index is -0.485. The first-order valence-electron chi connectivity index (χ1n) is 7.02. The Balaban J connectivity index is 2.10. The maximum atomic E-state index is 9.89. The van der Waals surface area contributed by atoms with Crippen molar-refractivity contribution in [2.24, 2.45) is 0 Å². The molecule has 1 unspecified atom stereocenters. The van der Waals surface area contributed by atoms with Gasteiger partial charge in [0.25, 0.3) is 0 Å². The Bertz CT molecular complexity index is 346. The van der Waals surface area contributed by atoms with Crippen molar-refractivity contribution >= 4 is 0 Å². The highest BCUT2D eigenvalue weighted by Gasteiger charge is 2.09. The van der Waals surface area contributed by atoms with Crippen LogP contribution >= 0.6 is 0 Å². The fourth-order valence-corrected chi connectivity index (χ4v) is 1.84. The van der Waals surface area contributed by atoms with Crippen molar-refractivity contribution in [1.82, 2.24) is 9.88 Å². The molecule has 20 heavy (non-hydrogen) atoms. The van der Waals surface area contributed by atoms with Gasteiger partial charge in [-0.05, 0) is 38.6 Å². The number of ether oxygens (including phenoxy) is 2. The topological polar surface area (TPSA) is 54.8 Å². The Hall–Kier alpha value is -1.01. The first kappa shape index (κ1) is 17.0. The summed E-state index contributed by atoms with van der Waals surface area (Å²) < 4.78 is 10.7. The Kier molecular flexibility index (Phi) is 8.37. The van der Waals surface area contributed by atoms with Crippen LogP contribution in [0.15, 0.2) is 24.5 Å². The second-order valence-corrected chi connectivity index (χ2v) is 5.20. The lowest BCUT2D eigenvalue weighted by atomic mass is 10.2. The largest absolute Gasteiger partial charge is 0.389 e. The molecule has 1 atom stereocenters. The average Bonchev–Trinajstić information content (AvgIpc) is 2.38. The lowest BCUT2D eigenvalue weighted by Gasteiger charge is -2.20. The number of likely N-dealkylation sites (N-methyl/N-ethyl adjacent to an activating group) is 1. The third-order valence-corrected chi connectivity index (χ3v) is 2.71.